The topological polar surface area (TPSA) is 43.3 Å². The second kappa shape index (κ2) is 6.82. The number of aromatic nitrogens is 2. The summed E-state index contributed by atoms with van der Waals surface area (Å²) in [4.78, 5) is 4.51. The lowest BCUT2D eigenvalue weighted by Gasteiger charge is -2.32. The molecule has 0 spiro atoms. The minimum atomic E-state index is 0.115. The quantitative estimate of drug-likeness (QED) is 0.874. The molecule has 0 aliphatic heterocycles. The normalized spacial score (nSPS) is 23.8. The Morgan fingerprint density at radius 3 is 2.77 bits per heavy atom. The van der Waals surface area contributed by atoms with Crippen molar-refractivity contribution in [1.29, 1.82) is 0 Å². The van der Waals surface area contributed by atoms with E-state index in [-0.39, 0.29) is 6.04 Å². The molecule has 3 nitrogen and oxygen atoms in total. The predicted octanol–water partition coefficient (Wildman–Crippen LogP) is 4.64. The van der Waals surface area contributed by atoms with E-state index in [1.54, 1.807) is 0 Å². The molecule has 1 saturated carbocycles. The van der Waals surface area contributed by atoms with Gasteiger partial charge >= 0.3 is 0 Å². The van der Waals surface area contributed by atoms with Gasteiger partial charge in [0.15, 0.2) is 0 Å². The van der Waals surface area contributed by atoms with E-state index in [1.165, 1.54) is 56.2 Å². The van der Waals surface area contributed by atoms with E-state index in [2.05, 4.69) is 41.6 Å². The number of pyridine rings is 1. The van der Waals surface area contributed by atoms with Crippen LogP contribution in [0.2, 0.25) is 0 Å². The van der Waals surface area contributed by atoms with Crippen LogP contribution in [-0.2, 0) is 0 Å². The van der Waals surface area contributed by atoms with Gasteiger partial charge in [0.25, 0.3) is 0 Å². The highest BCUT2D eigenvalue weighted by atomic mass is 15.0. The summed E-state index contributed by atoms with van der Waals surface area (Å²) in [7, 11) is 0. The number of fused-ring (bicyclic) bond motifs is 1. The molecular weight excluding hydrogens is 270 g/mol. The molecular formula is C19H29N3. The van der Waals surface area contributed by atoms with Crippen molar-refractivity contribution in [3.05, 3.63) is 35.8 Å². The summed E-state index contributed by atoms with van der Waals surface area (Å²) >= 11 is 0. The molecule has 1 unspecified atom stereocenters. The Balaban J connectivity index is 1.69. The van der Waals surface area contributed by atoms with Crippen LogP contribution in [0.15, 0.2) is 24.5 Å². The van der Waals surface area contributed by atoms with Gasteiger partial charge in [-0.1, -0.05) is 45.1 Å². The van der Waals surface area contributed by atoms with Crippen molar-refractivity contribution in [2.75, 3.05) is 0 Å². The molecule has 2 aromatic rings. The highest BCUT2D eigenvalue weighted by molar-refractivity contribution is 5.42. The van der Waals surface area contributed by atoms with E-state index in [0.717, 1.165) is 11.6 Å². The number of hydrogen-bond acceptors (Lipinski definition) is 2. The highest BCUT2D eigenvalue weighted by Crippen LogP contribution is 2.37. The fourth-order valence-electron chi connectivity index (χ4n) is 3.92. The van der Waals surface area contributed by atoms with Gasteiger partial charge < -0.3 is 10.1 Å². The van der Waals surface area contributed by atoms with Crippen molar-refractivity contribution >= 4 is 5.65 Å². The molecule has 2 aromatic heterocycles. The summed E-state index contributed by atoms with van der Waals surface area (Å²) in [6.07, 6.45) is 13.5. The summed E-state index contributed by atoms with van der Waals surface area (Å²) in [6.45, 7) is 4.40. The lowest BCUT2D eigenvalue weighted by atomic mass is 9.76. The van der Waals surface area contributed by atoms with Crippen LogP contribution in [0.5, 0.6) is 0 Å². The summed E-state index contributed by atoms with van der Waals surface area (Å²) in [5.74, 6) is 1.55. The Labute approximate surface area is 133 Å². The first kappa shape index (κ1) is 15.5. The lowest BCUT2D eigenvalue weighted by Crippen LogP contribution is -2.27. The molecule has 3 rings (SSSR count). The van der Waals surface area contributed by atoms with E-state index in [4.69, 9.17) is 5.73 Å². The molecule has 22 heavy (non-hydrogen) atoms. The van der Waals surface area contributed by atoms with Crippen LogP contribution in [0, 0.1) is 18.8 Å². The number of nitrogens with two attached hydrogens (primary N) is 1. The molecule has 0 bridgehead atoms. The number of imidazole rings is 1. The van der Waals surface area contributed by atoms with Crippen LogP contribution < -0.4 is 5.73 Å². The van der Waals surface area contributed by atoms with Gasteiger partial charge in [0.05, 0.1) is 11.9 Å². The maximum absolute atomic E-state index is 6.62. The summed E-state index contributed by atoms with van der Waals surface area (Å²) in [5.41, 5.74) is 10.1. The Bertz CT molecular complexity index is 608. The maximum atomic E-state index is 6.62. The minimum Gasteiger partial charge on any atom is -0.322 e. The molecule has 1 atom stereocenters. The van der Waals surface area contributed by atoms with Crippen LogP contribution in [0.1, 0.15) is 69.2 Å². The average Bonchev–Trinajstić information content (AvgIpc) is 2.95. The van der Waals surface area contributed by atoms with Gasteiger partial charge in [-0.25, -0.2) is 4.98 Å². The van der Waals surface area contributed by atoms with Crippen molar-refractivity contribution in [2.45, 2.75) is 64.8 Å². The Morgan fingerprint density at radius 2 is 2.05 bits per heavy atom. The van der Waals surface area contributed by atoms with Crippen LogP contribution in [0.25, 0.3) is 5.65 Å². The maximum Gasteiger partial charge on any atom is 0.136 e. The minimum absolute atomic E-state index is 0.115. The average molecular weight is 299 g/mol. The first-order chi connectivity index (χ1) is 10.7. The van der Waals surface area contributed by atoms with Crippen LogP contribution in [0.3, 0.4) is 0 Å². The van der Waals surface area contributed by atoms with Gasteiger partial charge in [0.1, 0.15) is 5.65 Å². The SMILES string of the molecule is CCCCC1CCC(C(N)c2cnc3ccc(C)cn23)CC1. The molecule has 0 aromatic carbocycles. The first-order valence-corrected chi connectivity index (χ1v) is 8.88. The highest BCUT2D eigenvalue weighted by Gasteiger charge is 2.27. The van der Waals surface area contributed by atoms with Crippen LogP contribution in [0.4, 0.5) is 0 Å². The molecule has 120 valence electrons. The Morgan fingerprint density at radius 1 is 1.27 bits per heavy atom. The van der Waals surface area contributed by atoms with E-state index in [0.29, 0.717) is 5.92 Å². The van der Waals surface area contributed by atoms with E-state index >= 15 is 0 Å². The van der Waals surface area contributed by atoms with Crippen molar-refractivity contribution in [3.8, 4) is 0 Å². The molecule has 1 fully saturated rings. The van der Waals surface area contributed by atoms with Crippen molar-refractivity contribution < 1.29 is 0 Å². The van der Waals surface area contributed by atoms with Gasteiger partial charge in [-0.3, -0.25) is 0 Å². The summed E-state index contributed by atoms with van der Waals surface area (Å²) in [5, 5.41) is 0. The standard InChI is InChI=1S/C19H29N3/c1-3-4-5-15-7-9-16(10-8-15)19(20)17-12-21-18-11-6-14(2)13-22(17)18/h6,11-13,15-16,19H,3-5,7-10,20H2,1-2H3. The number of nitrogens with zero attached hydrogens (tertiary/aromatic N) is 2. The number of unbranched alkanes of at least 4 members (excludes halogenated alkanes) is 1. The number of rotatable bonds is 5. The molecule has 0 radical (unpaired) electrons. The molecule has 0 amide bonds. The van der Waals surface area contributed by atoms with Gasteiger partial charge in [0.2, 0.25) is 0 Å². The zero-order chi connectivity index (χ0) is 15.5. The largest absolute Gasteiger partial charge is 0.322 e. The van der Waals surface area contributed by atoms with Crippen molar-refractivity contribution in [3.63, 3.8) is 0 Å². The fraction of sp³-hybridized carbons (Fsp3) is 0.632. The van der Waals surface area contributed by atoms with Gasteiger partial charge in [-0.2, -0.15) is 0 Å². The Kier molecular flexibility index (Phi) is 4.82. The summed E-state index contributed by atoms with van der Waals surface area (Å²) in [6, 6.07) is 4.30. The van der Waals surface area contributed by atoms with Crippen LogP contribution >= 0.6 is 0 Å². The van der Waals surface area contributed by atoms with E-state index in [1.807, 2.05) is 6.20 Å². The summed E-state index contributed by atoms with van der Waals surface area (Å²) < 4.78 is 2.18. The van der Waals surface area contributed by atoms with E-state index < -0.39 is 0 Å². The molecule has 2 heterocycles. The second-order valence-electron chi connectivity index (χ2n) is 7.07. The lowest BCUT2D eigenvalue weighted by molar-refractivity contribution is 0.230. The van der Waals surface area contributed by atoms with Gasteiger partial charge in [-0.15, -0.1) is 0 Å². The first-order valence-electron chi connectivity index (χ1n) is 8.88. The second-order valence-corrected chi connectivity index (χ2v) is 7.07. The molecule has 3 heteroatoms. The predicted molar refractivity (Wildman–Crippen MR) is 91.8 cm³/mol. The smallest absolute Gasteiger partial charge is 0.136 e. The monoisotopic (exact) mass is 299 g/mol. The number of hydrogen-bond donors (Lipinski definition) is 1. The van der Waals surface area contributed by atoms with Crippen LogP contribution in [-0.4, -0.2) is 9.38 Å². The van der Waals surface area contributed by atoms with Gasteiger partial charge in [-0.05, 0) is 43.2 Å². The van der Waals surface area contributed by atoms with E-state index in [9.17, 15) is 0 Å². The number of aryl methyl sites for hydroxylation is 1. The third kappa shape index (κ3) is 3.19. The van der Waals surface area contributed by atoms with Crippen molar-refractivity contribution in [1.82, 2.24) is 9.38 Å². The fourth-order valence-corrected chi connectivity index (χ4v) is 3.92. The zero-order valence-corrected chi connectivity index (χ0v) is 14.0. The third-order valence-electron chi connectivity index (χ3n) is 5.39. The Hall–Kier alpha value is -1.35. The zero-order valence-electron chi connectivity index (χ0n) is 14.0. The molecule has 1 aliphatic rings. The van der Waals surface area contributed by atoms with Crippen molar-refractivity contribution in [2.24, 2.45) is 17.6 Å². The molecule has 0 saturated heterocycles. The van der Waals surface area contributed by atoms with Gasteiger partial charge in [0, 0.05) is 12.2 Å². The molecule has 2 N–H and O–H groups in total. The molecule has 1 aliphatic carbocycles. The third-order valence-corrected chi connectivity index (χ3v) is 5.39.